The average Bonchev–Trinajstić information content (AvgIpc) is 2.77. The van der Waals surface area contributed by atoms with Crippen LogP contribution < -0.4 is 4.90 Å². The van der Waals surface area contributed by atoms with E-state index < -0.39 is 0 Å². The highest BCUT2D eigenvalue weighted by Gasteiger charge is 2.54. The second-order valence-corrected chi connectivity index (χ2v) is 11.2. The lowest BCUT2D eigenvalue weighted by atomic mass is 9.52. The molecule has 4 aliphatic rings. The Bertz CT molecular complexity index is 994. The summed E-state index contributed by atoms with van der Waals surface area (Å²) in [7, 11) is 2.19. The first-order chi connectivity index (χ1) is 15.6. The van der Waals surface area contributed by atoms with E-state index in [0.717, 1.165) is 30.0 Å². The molecule has 0 spiro atoms. The van der Waals surface area contributed by atoms with Gasteiger partial charge in [-0.15, -0.1) is 24.8 Å². The monoisotopic (exact) mass is 502 g/mol. The Labute approximate surface area is 217 Å². The van der Waals surface area contributed by atoms with Gasteiger partial charge in [0.1, 0.15) is 5.75 Å². The van der Waals surface area contributed by atoms with E-state index in [2.05, 4.69) is 41.1 Å². The largest absolute Gasteiger partial charge is 0.508 e. The quantitative estimate of drug-likeness (QED) is 0.490. The predicted octanol–water partition coefficient (Wildman–Crippen LogP) is 6.73. The van der Waals surface area contributed by atoms with E-state index in [1.807, 2.05) is 12.1 Å². The second kappa shape index (κ2) is 10.3. The molecule has 0 amide bonds. The number of phenolic OH excluding ortho intramolecular Hbond substituents is 1. The Hall–Kier alpha value is -1.42. The van der Waals surface area contributed by atoms with E-state index >= 15 is 0 Å². The summed E-state index contributed by atoms with van der Waals surface area (Å²) in [5.74, 6) is 2.18. The van der Waals surface area contributed by atoms with Gasteiger partial charge in [0, 0.05) is 37.3 Å². The summed E-state index contributed by atoms with van der Waals surface area (Å²) in [5.41, 5.74) is 6.20. The van der Waals surface area contributed by atoms with Gasteiger partial charge in [-0.2, -0.15) is 0 Å². The molecule has 5 heteroatoms. The highest BCUT2D eigenvalue weighted by Crippen LogP contribution is 2.56. The van der Waals surface area contributed by atoms with Crippen molar-refractivity contribution in [1.82, 2.24) is 4.90 Å². The minimum atomic E-state index is 0. The molecule has 1 saturated heterocycles. The lowest BCUT2D eigenvalue weighted by molar-refractivity contribution is -0.0239. The molecular weight excluding hydrogens is 463 g/mol. The van der Waals surface area contributed by atoms with Crippen molar-refractivity contribution in [3.8, 4) is 5.75 Å². The number of rotatable bonds is 5. The minimum absolute atomic E-state index is 0. The van der Waals surface area contributed by atoms with E-state index in [4.69, 9.17) is 0 Å². The zero-order chi connectivity index (χ0) is 21.7. The molecular formula is C29H40Cl2N2O. The van der Waals surface area contributed by atoms with E-state index in [9.17, 15) is 5.11 Å². The SMILES string of the molecule is CN(Cc1cccc(O)c1)c1ccc2c(c1)[C@@]13CCCC[C@H]1[C@@H](C2)N(CC1CCC1)CC3.Cl.Cl. The molecule has 3 nitrogen and oxygen atoms in total. The Morgan fingerprint density at radius 1 is 1.00 bits per heavy atom. The van der Waals surface area contributed by atoms with Crippen molar-refractivity contribution in [3.05, 3.63) is 59.2 Å². The summed E-state index contributed by atoms with van der Waals surface area (Å²) in [6, 6.07) is 15.8. The average molecular weight is 504 g/mol. The Kier molecular flexibility index (Phi) is 7.77. The third kappa shape index (κ3) is 4.45. The van der Waals surface area contributed by atoms with Crippen LogP contribution in [0.4, 0.5) is 5.69 Å². The Morgan fingerprint density at radius 2 is 1.85 bits per heavy atom. The number of benzene rings is 2. The zero-order valence-electron chi connectivity index (χ0n) is 20.4. The molecule has 0 unspecified atom stereocenters. The standard InChI is InChI=1S/C29H38N2O.2ClH/c1-30(19-22-8-5-9-25(32)16-22)24-12-11-23-17-28-26-10-2-3-13-29(26,27(23)18-24)14-15-31(28)20-21-6-4-7-21;;/h5,8-9,11-12,16,18,21,26,28,32H,2-4,6-7,10,13-15,17,19-20H2,1H3;2*1H/t26-,28+,29+;;/m0../s1. The molecule has 2 aromatic rings. The summed E-state index contributed by atoms with van der Waals surface area (Å²) in [6.45, 7) is 3.49. The topological polar surface area (TPSA) is 26.7 Å². The number of halogens is 2. The first-order valence-corrected chi connectivity index (χ1v) is 13.0. The number of piperidine rings is 1. The number of hydrogen-bond donors (Lipinski definition) is 1. The van der Waals surface area contributed by atoms with Crippen LogP contribution in [0.2, 0.25) is 0 Å². The number of likely N-dealkylation sites (tertiary alicyclic amines) is 1. The highest BCUT2D eigenvalue weighted by atomic mass is 35.5. The van der Waals surface area contributed by atoms with Gasteiger partial charge in [-0.1, -0.05) is 37.5 Å². The van der Waals surface area contributed by atoms with Crippen molar-refractivity contribution in [3.63, 3.8) is 0 Å². The van der Waals surface area contributed by atoms with Crippen LogP contribution in [-0.2, 0) is 18.4 Å². The van der Waals surface area contributed by atoms with Gasteiger partial charge in [0.15, 0.2) is 0 Å². The number of hydrogen-bond acceptors (Lipinski definition) is 3. The molecule has 0 aromatic heterocycles. The molecule has 34 heavy (non-hydrogen) atoms. The number of aromatic hydroxyl groups is 1. The van der Waals surface area contributed by atoms with Gasteiger partial charge in [0.25, 0.3) is 0 Å². The third-order valence-electron chi connectivity index (χ3n) is 9.42. The Morgan fingerprint density at radius 3 is 2.62 bits per heavy atom. The number of fused-ring (bicyclic) bond motifs is 1. The van der Waals surface area contributed by atoms with E-state index in [1.165, 1.54) is 76.6 Å². The van der Waals surface area contributed by atoms with Crippen LogP contribution in [0.15, 0.2) is 42.5 Å². The fourth-order valence-electron chi connectivity index (χ4n) is 7.56. The zero-order valence-corrected chi connectivity index (χ0v) is 22.0. The molecule has 1 N–H and O–H groups in total. The van der Waals surface area contributed by atoms with Crippen molar-refractivity contribution >= 4 is 30.5 Å². The van der Waals surface area contributed by atoms with Crippen LogP contribution >= 0.6 is 24.8 Å². The van der Waals surface area contributed by atoms with Crippen LogP contribution in [0.3, 0.4) is 0 Å². The van der Waals surface area contributed by atoms with Gasteiger partial charge < -0.3 is 10.0 Å². The number of nitrogens with zero attached hydrogens (tertiary/aromatic N) is 2. The van der Waals surface area contributed by atoms with Crippen molar-refractivity contribution in [2.45, 2.75) is 75.8 Å². The summed E-state index contributed by atoms with van der Waals surface area (Å²) < 4.78 is 0. The summed E-state index contributed by atoms with van der Waals surface area (Å²) in [4.78, 5) is 5.27. The van der Waals surface area contributed by atoms with Crippen molar-refractivity contribution < 1.29 is 5.11 Å². The van der Waals surface area contributed by atoms with E-state index in [0.29, 0.717) is 11.2 Å². The lowest BCUT2D eigenvalue weighted by Crippen LogP contribution is -2.61. The molecule has 3 aliphatic carbocycles. The summed E-state index contributed by atoms with van der Waals surface area (Å²) in [5, 5.41) is 9.85. The smallest absolute Gasteiger partial charge is 0.115 e. The van der Waals surface area contributed by atoms with Crippen LogP contribution in [-0.4, -0.2) is 36.2 Å². The summed E-state index contributed by atoms with van der Waals surface area (Å²) >= 11 is 0. The first kappa shape index (κ1) is 25.7. The predicted molar refractivity (Wildman–Crippen MR) is 146 cm³/mol. The van der Waals surface area contributed by atoms with Crippen molar-refractivity contribution in [2.75, 3.05) is 25.0 Å². The van der Waals surface area contributed by atoms with Crippen molar-refractivity contribution in [2.24, 2.45) is 11.8 Å². The maximum absolute atomic E-state index is 9.85. The molecule has 3 fully saturated rings. The van der Waals surface area contributed by atoms with Crippen LogP contribution in [0.5, 0.6) is 5.75 Å². The van der Waals surface area contributed by atoms with Gasteiger partial charge >= 0.3 is 0 Å². The first-order valence-electron chi connectivity index (χ1n) is 13.0. The second-order valence-electron chi connectivity index (χ2n) is 11.2. The maximum Gasteiger partial charge on any atom is 0.115 e. The third-order valence-corrected chi connectivity index (χ3v) is 9.42. The minimum Gasteiger partial charge on any atom is -0.508 e. The number of anilines is 1. The molecule has 2 bridgehead atoms. The van der Waals surface area contributed by atoms with Gasteiger partial charge in [0.2, 0.25) is 0 Å². The molecule has 6 rings (SSSR count). The molecule has 186 valence electrons. The van der Waals surface area contributed by atoms with Crippen LogP contribution in [0, 0.1) is 11.8 Å². The van der Waals surface area contributed by atoms with Crippen LogP contribution in [0.25, 0.3) is 0 Å². The van der Waals surface area contributed by atoms with Gasteiger partial charge in [-0.25, -0.2) is 0 Å². The molecule has 1 heterocycles. The molecule has 2 saturated carbocycles. The maximum atomic E-state index is 9.85. The fraction of sp³-hybridized carbons (Fsp3) is 0.586. The molecule has 2 aromatic carbocycles. The molecule has 3 atom stereocenters. The van der Waals surface area contributed by atoms with Gasteiger partial charge in [0.05, 0.1) is 0 Å². The fourth-order valence-corrected chi connectivity index (χ4v) is 7.56. The normalized spacial score (nSPS) is 27.9. The number of phenols is 1. The summed E-state index contributed by atoms with van der Waals surface area (Å²) in [6.07, 6.45) is 12.6. The lowest BCUT2D eigenvalue weighted by Gasteiger charge is -2.60. The van der Waals surface area contributed by atoms with E-state index in [1.54, 1.807) is 17.2 Å². The highest BCUT2D eigenvalue weighted by molar-refractivity contribution is 5.85. The van der Waals surface area contributed by atoms with Crippen molar-refractivity contribution in [1.29, 1.82) is 0 Å². The van der Waals surface area contributed by atoms with Crippen LogP contribution in [0.1, 0.15) is 68.1 Å². The Balaban J connectivity index is 0.00000137. The molecule has 1 aliphatic heterocycles. The molecule has 0 radical (unpaired) electrons. The van der Waals surface area contributed by atoms with Gasteiger partial charge in [-0.3, -0.25) is 4.90 Å². The van der Waals surface area contributed by atoms with Gasteiger partial charge in [-0.05, 0) is 97.9 Å². The van der Waals surface area contributed by atoms with E-state index in [-0.39, 0.29) is 24.8 Å².